The third-order valence-corrected chi connectivity index (χ3v) is 4.20. The summed E-state index contributed by atoms with van der Waals surface area (Å²) in [6.45, 7) is 7.86. The average Bonchev–Trinajstić information content (AvgIpc) is 3.05. The minimum absolute atomic E-state index is 0.417. The van der Waals surface area contributed by atoms with Gasteiger partial charge in [-0.2, -0.15) is 0 Å². The van der Waals surface area contributed by atoms with E-state index in [4.69, 9.17) is 0 Å². The summed E-state index contributed by atoms with van der Waals surface area (Å²) in [5, 5.41) is 20.8. The monoisotopic (exact) mass is 288 g/mol. The van der Waals surface area contributed by atoms with Gasteiger partial charge in [0.05, 0.1) is 19.1 Å². The molecule has 1 aliphatic heterocycles. The summed E-state index contributed by atoms with van der Waals surface area (Å²) >= 11 is 0. The average molecular weight is 288 g/mol. The maximum atomic E-state index is 4.34. The van der Waals surface area contributed by atoms with Gasteiger partial charge in [-0.3, -0.25) is 4.90 Å². The van der Waals surface area contributed by atoms with Crippen molar-refractivity contribution in [3.05, 3.63) is 17.5 Å². The molecule has 0 atom stereocenters. The van der Waals surface area contributed by atoms with Crippen molar-refractivity contribution in [1.29, 1.82) is 0 Å². The molecule has 3 heterocycles. The van der Waals surface area contributed by atoms with Gasteiger partial charge >= 0.3 is 0 Å². The molecule has 2 aromatic rings. The largest absolute Gasteiger partial charge is 0.312 e. The molecule has 0 radical (unpaired) electrons. The van der Waals surface area contributed by atoms with Gasteiger partial charge in [-0.1, -0.05) is 13.8 Å². The predicted octanol–water partition coefficient (Wildman–Crippen LogP) is 0.739. The Balaban J connectivity index is 1.49. The SMILES string of the molecule is CC(C)c1nnc2n1CCN(Cc1nnnn1C1CC1)C2. The van der Waals surface area contributed by atoms with E-state index < -0.39 is 0 Å². The van der Waals surface area contributed by atoms with Gasteiger partial charge in [-0.05, 0) is 23.3 Å². The Kier molecular flexibility index (Phi) is 2.99. The Morgan fingerprint density at radius 1 is 1.14 bits per heavy atom. The van der Waals surface area contributed by atoms with E-state index in [0.29, 0.717) is 12.0 Å². The zero-order valence-electron chi connectivity index (χ0n) is 12.5. The van der Waals surface area contributed by atoms with Crippen LogP contribution in [-0.4, -0.2) is 46.4 Å². The van der Waals surface area contributed by atoms with Crippen LogP contribution in [0.3, 0.4) is 0 Å². The minimum Gasteiger partial charge on any atom is -0.312 e. The molecule has 0 spiro atoms. The van der Waals surface area contributed by atoms with E-state index in [1.54, 1.807) is 0 Å². The Bertz CT molecular complexity index is 638. The molecule has 0 bridgehead atoms. The molecule has 8 nitrogen and oxygen atoms in total. The van der Waals surface area contributed by atoms with Crippen molar-refractivity contribution >= 4 is 0 Å². The molecule has 4 rings (SSSR count). The summed E-state index contributed by atoms with van der Waals surface area (Å²) in [6.07, 6.45) is 2.40. The summed E-state index contributed by atoms with van der Waals surface area (Å²) in [5.41, 5.74) is 0. The van der Waals surface area contributed by atoms with E-state index in [0.717, 1.165) is 43.7 Å². The van der Waals surface area contributed by atoms with Crippen LogP contribution in [-0.2, 0) is 19.6 Å². The molecular weight excluding hydrogens is 268 g/mol. The third kappa shape index (κ3) is 2.33. The van der Waals surface area contributed by atoms with Gasteiger partial charge in [0, 0.05) is 19.0 Å². The number of fused-ring (bicyclic) bond motifs is 1. The first kappa shape index (κ1) is 12.9. The van der Waals surface area contributed by atoms with Crippen LogP contribution in [0.15, 0.2) is 0 Å². The molecule has 0 saturated heterocycles. The first-order valence-corrected chi connectivity index (χ1v) is 7.63. The number of nitrogens with zero attached hydrogens (tertiary/aromatic N) is 8. The lowest BCUT2D eigenvalue weighted by atomic mass is 10.2. The zero-order valence-corrected chi connectivity index (χ0v) is 12.5. The van der Waals surface area contributed by atoms with Crippen LogP contribution in [0.1, 0.15) is 56.1 Å². The minimum atomic E-state index is 0.417. The lowest BCUT2D eigenvalue weighted by molar-refractivity contribution is 0.198. The Morgan fingerprint density at radius 3 is 2.76 bits per heavy atom. The molecular formula is C13H20N8. The van der Waals surface area contributed by atoms with E-state index in [2.05, 4.69) is 49.0 Å². The second-order valence-corrected chi connectivity index (χ2v) is 6.26. The summed E-state index contributed by atoms with van der Waals surface area (Å²) in [6, 6.07) is 0.524. The molecule has 1 aliphatic carbocycles. The maximum absolute atomic E-state index is 4.34. The highest BCUT2D eigenvalue weighted by Gasteiger charge is 2.29. The Hall–Kier alpha value is -1.83. The molecule has 2 aromatic heterocycles. The second kappa shape index (κ2) is 4.87. The lowest BCUT2D eigenvalue weighted by Crippen LogP contribution is -2.35. The van der Waals surface area contributed by atoms with Crippen molar-refractivity contribution in [3.63, 3.8) is 0 Å². The van der Waals surface area contributed by atoms with Crippen molar-refractivity contribution in [1.82, 2.24) is 39.9 Å². The van der Waals surface area contributed by atoms with Gasteiger partial charge in [-0.15, -0.1) is 15.3 Å². The number of hydrogen-bond acceptors (Lipinski definition) is 6. The summed E-state index contributed by atoms with van der Waals surface area (Å²) in [5.74, 6) is 3.53. The van der Waals surface area contributed by atoms with E-state index >= 15 is 0 Å². The molecule has 8 heteroatoms. The number of tetrazole rings is 1. The van der Waals surface area contributed by atoms with Crippen LogP contribution in [0.5, 0.6) is 0 Å². The highest BCUT2D eigenvalue weighted by Crippen LogP contribution is 2.34. The van der Waals surface area contributed by atoms with Crippen LogP contribution < -0.4 is 0 Å². The van der Waals surface area contributed by atoms with E-state index in [9.17, 15) is 0 Å². The molecule has 21 heavy (non-hydrogen) atoms. The van der Waals surface area contributed by atoms with Crippen LogP contribution in [0.4, 0.5) is 0 Å². The number of rotatable bonds is 4. The van der Waals surface area contributed by atoms with Gasteiger partial charge < -0.3 is 4.57 Å². The van der Waals surface area contributed by atoms with Crippen LogP contribution in [0.2, 0.25) is 0 Å². The fourth-order valence-corrected chi connectivity index (χ4v) is 2.91. The fraction of sp³-hybridized carbons (Fsp3) is 0.769. The first-order chi connectivity index (χ1) is 10.2. The molecule has 2 aliphatic rings. The molecule has 0 N–H and O–H groups in total. The van der Waals surface area contributed by atoms with Crippen LogP contribution >= 0.6 is 0 Å². The van der Waals surface area contributed by atoms with Crippen molar-refractivity contribution in [2.75, 3.05) is 6.54 Å². The predicted molar refractivity (Wildman–Crippen MR) is 74.3 cm³/mol. The number of aromatic nitrogens is 7. The zero-order chi connectivity index (χ0) is 14.4. The summed E-state index contributed by atoms with van der Waals surface area (Å²) in [4.78, 5) is 2.35. The molecule has 0 unspecified atom stereocenters. The van der Waals surface area contributed by atoms with Gasteiger partial charge in [0.15, 0.2) is 5.82 Å². The Morgan fingerprint density at radius 2 is 2.00 bits per heavy atom. The van der Waals surface area contributed by atoms with Gasteiger partial charge in [0.25, 0.3) is 0 Å². The van der Waals surface area contributed by atoms with E-state index in [1.807, 2.05) is 4.68 Å². The van der Waals surface area contributed by atoms with Gasteiger partial charge in [0.2, 0.25) is 0 Å². The topological polar surface area (TPSA) is 77.6 Å². The summed E-state index contributed by atoms with van der Waals surface area (Å²) in [7, 11) is 0. The molecule has 1 saturated carbocycles. The van der Waals surface area contributed by atoms with Gasteiger partial charge in [-0.25, -0.2) is 4.68 Å². The van der Waals surface area contributed by atoms with E-state index in [1.165, 1.54) is 12.8 Å². The van der Waals surface area contributed by atoms with Gasteiger partial charge in [0.1, 0.15) is 11.6 Å². The van der Waals surface area contributed by atoms with E-state index in [-0.39, 0.29) is 0 Å². The fourth-order valence-electron chi connectivity index (χ4n) is 2.91. The first-order valence-electron chi connectivity index (χ1n) is 7.63. The standard InChI is InChI=1S/C13H20N8/c1-9(2)13-16-14-11-7-19(5-6-20(11)13)8-12-15-17-18-21(12)10-3-4-10/h9-10H,3-8H2,1-2H3. The smallest absolute Gasteiger partial charge is 0.165 e. The highest BCUT2D eigenvalue weighted by molar-refractivity contribution is 5.03. The quantitative estimate of drug-likeness (QED) is 0.825. The highest BCUT2D eigenvalue weighted by atomic mass is 15.6. The number of hydrogen-bond donors (Lipinski definition) is 0. The molecule has 1 fully saturated rings. The normalized spacial score (nSPS) is 19.2. The summed E-state index contributed by atoms with van der Waals surface area (Å²) < 4.78 is 4.24. The second-order valence-electron chi connectivity index (χ2n) is 6.26. The van der Waals surface area contributed by atoms with Crippen LogP contribution in [0.25, 0.3) is 0 Å². The van der Waals surface area contributed by atoms with Crippen molar-refractivity contribution in [3.8, 4) is 0 Å². The Labute approximate surface area is 123 Å². The van der Waals surface area contributed by atoms with Crippen molar-refractivity contribution < 1.29 is 0 Å². The maximum Gasteiger partial charge on any atom is 0.165 e. The molecule has 0 amide bonds. The van der Waals surface area contributed by atoms with Crippen molar-refractivity contribution in [2.45, 2.75) is 58.3 Å². The lowest BCUT2D eigenvalue weighted by Gasteiger charge is -2.27. The van der Waals surface area contributed by atoms with Crippen molar-refractivity contribution in [2.24, 2.45) is 0 Å². The molecule has 0 aromatic carbocycles. The van der Waals surface area contributed by atoms with Crippen LogP contribution in [0, 0.1) is 0 Å². The third-order valence-electron chi connectivity index (χ3n) is 4.20. The molecule has 112 valence electrons.